The Morgan fingerprint density at radius 1 is 1.60 bits per heavy atom. The third-order valence-corrected chi connectivity index (χ3v) is 0. The van der Waals surface area contributed by atoms with E-state index in [1.165, 1.54) is 6.92 Å². The predicted molar refractivity (Wildman–Crippen MR) is 22.6 cm³/mol. The second-order valence-corrected chi connectivity index (χ2v) is 0.224. The average Bonchev–Trinajstić information content (AvgIpc) is 0.918. The maximum Gasteiger partial charge on any atom is 1.00 e. The molecule has 0 saturated heterocycles. The first kappa shape index (κ1) is 17.7. The van der Waals surface area contributed by atoms with Gasteiger partial charge in [-0.15, -0.1) is 0 Å². The van der Waals surface area contributed by atoms with E-state index in [0.717, 1.165) is 0 Å². The summed E-state index contributed by atoms with van der Waals surface area (Å²) in [6, 6.07) is 1.75. The summed E-state index contributed by atoms with van der Waals surface area (Å²) < 4.78 is 0. The van der Waals surface area contributed by atoms with Crippen molar-refractivity contribution in [2.45, 2.75) is 6.92 Å². The van der Waals surface area contributed by atoms with Gasteiger partial charge >= 0.3 is 29.6 Å². The summed E-state index contributed by atoms with van der Waals surface area (Å²) in [7, 11) is 0. The number of rotatable bonds is 0. The molecule has 0 aliphatic carbocycles. The number of nitrogens with zero attached hydrogens (tertiary/aromatic N) is 1. The summed E-state index contributed by atoms with van der Waals surface area (Å²) in [4.78, 5) is 0. The molecule has 5 heavy (non-hydrogen) atoms. The Morgan fingerprint density at radius 2 is 1.60 bits per heavy atom. The Hall–Kier alpha value is 0.555. The van der Waals surface area contributed by atoms with E-state index in [1.807, 2.05) is 0 Å². The van der Waals surface area contributed by atoms with Crippen LogP contribution in [0.2, 0.25) is 0 Å². The molecule has 0 radical (unpaired) electrons. The third-order valence-electron chi connectivity index (χ3n) is 0. The molecule has 24 valence electrons. The number of hydrogen-bond donors (Lipinski definition) is 0. The molecule has 0 N–H and O–H groups in total. The Bertz CT molecular complexity index is 31.1. The largest absolute Gasteiger partial charge is 1.00 e. The van der Waals surface area contributed by atoms with Gasteiger partial charge in [-0.1, -0.05) is 8.41 Å². The van der Waals surface area contributed by atoms with E-state index in [-0.39, 0.29) is 38.0 Å². The van der Waals surface area contributed by atoms with Crippen molar-refractivity contribution >= 4 is 8.41 Å². The van der Waals surface area contributed by atoms with Crippen LogP contribution in [-0.2, 0) is 0 Å². The Balaban J connectivity index is -0.0000000200. The maximum atomic E-state index is 7.32. The van der Waals surface area contributed by atoms with Gasteiger partial charge in [-0.3, -0.25) is 0 Å². The van der Waals surface area contributed by atoms with E-state index in [4.69, 9.17) is 5.26 Å². The van der Waals surface area contributed by atoms with Crippen LogP contribution < -0.4 is 29.6 Å². The van der Waals surface area contributed by atoms with Crippen molar-refractivity contribution in [3.8, 4) is 6.07 Å². The van der Waals surface area contributed by atoms with Gasteiger partial charge in [0.2, 0.25) is 0 Å². The SMILES string of the molecule is CC#N.[BH4-].[Na+]. The molecule has 0 bridgehead atoms. The van der Waals surface area contributed by atoms with Crippen LogP contribution in [0.5, 0.6) is 0 Å². The summed E-state index contributed by atoms with van der Waals surface area (Å²) in [5.74, 6) is 0. The molecule has 0 heterocycles. The number of nitriles is 1. The first-order valence-electron chi connectivity index (χ1n) is 0.724. The Morgan fingerprint density at radius 3 is 1.60 bits per heavy atom. The molecule has 0 aromatic carbocycles. The van der Waals surface area contributed by atoms with Crippen molar-refractivity contribution in [1.29, 1.82) is 5.26 Å². The molecule has 0 aliphatic heterocycles. The molecule has 0 saturated carbocycles. The maximum absolute atomic E-state index is 7.32. The molecule has 0 rings (SSSR count). The second-order valence-electron chi connectivity index (χ2n) is 0.224. The van der Waals surface area contributed by atoms with Crippen molar-refractivity contribution < 1.29 is 29.6 Å². The predicted octanol–water partition coefficient (Wildman–Crippen LogP) is -3.92. The molecule has 3 heteroatoms. The van der Waals surface area contributed by atoms with Crippen LogP contribution in [0.4, 0.5) is 0 Å². The van der Waals surface area contributed by atoms with Gasteiger partial charge in [0, 0.05) is 6.92 Å². The summed E-state index contributed by atoms with van der Waals surface area (Å²) in [6.07, 6.45) is 0. The monoisotopic (exact) mass is 79.1 g/mol. The van der Waals surface area contributed by atoms with Crippen LogP contribution in [0.25, 0.3) is 0 Å². The minimum Gasteiger partial charge on any atom is -0.199 e. The standard InChI is InChI=1S/C2H3N.BH4.Na/c1-2-3;;/h1H3;1H4;/q;-1;+1. The molecule has 0 aromatic rings. The molecule has 1 nitrogen and oxygen atoms in total. The van der Waals surface area contributed by atoms with Crippen molar-refractivity contribution in [1.82, 2.24) is 0 Å². The van der Waals surface area contributed by atoms with Gasteiger partial charge in [0.15, 0.2) is 0 Å². The fraction of sp³-hybridized carbons (Fsp3) is 0.500. The van der Waals surface area contributed by atoms with E-state index in [1.54, 1.807) is 6.07 Å². The topological polar surface area (TPSA) is 23.8 Å². The number of hydrogen-bond acceptors (Lipinski definition) is 1. The summed E-state index contributed by atoms with van der Waals surface area (Å²) in [6.45, 7) is 1.43. The van der Waals surface area contributed by atoms with Crippen LogP contribution in [0, 0.1) is 11.3 Å². The van der Waals surface area contributed by atoms with Crippen molar-refractivity contribution in [2.75, 3.05) is 0 Å². The van der Waals surface area contributed by atoms with Gasteiger partial charge < -0.3 is 0 Å². The first-order chi connectivity index (χ1) is 1.41. The van der Waals surface area contributed by atoms with E-state index < -0.39 is 0 Å². The normalized spacial score (nSPS) is 1.60. The minimum absolute atomic E-state index is 0. The third kappa shape index (κ3) is 96.6. The molecule has 0 aliphatic rings. The van der Waals surface area contributed by atoms with Gasteiger partial charge in [-0.2, -0.15) is 5.26 Å². The van der Waals surface area contributed by atoms with Crippen molar-refractivity contribution in [3.63, 3.8) is 0 Å². The Kier molecular flexibility index (Phi) is 84.1. The van der Waals surface area contributed by atoms with Gasteiger partial charge in [0.05, 0.1) is 6.07 Å². The van der Waals surface area contributed by atoms with E-state index in [2.05, 4.69) is 0 Å². The van der Waals surface area contributed by atoms with Gasteiger partial charge in [0.1, 0.15) is 0 Å². The zero-order chi connectivity index (χ0) is 2.71. The fourth-order valence-corrected chi connectivity index (χ4v) is 0. The van der Waals surface area contributed by atoms with Crippen LogP contribution in [0.1, 0.15) is 6.92 Å². The molecule has 0 amide bonds. The quantitative estimate of drug-likeness (QED) is 0.272. The summed E-state index contributed by atoms with van der Waals surface area (Å²) in [5.41, 5.74) is 0. The molecule has 0 unspecified atom stereocenters. The zero-order valence-electron chi connectivity index (χ0n) is 2.95. The van der Waals surface area contributed by atoms with Gasteiger partial charge in [-0.05, 0) is 0 Å². The fourth-order valence-electron chi connectivity index (χ4n) is 0. The second kappa shape index (κ2) is 23.8. The first-order valence-corrected chi connectivity index (χ1v) is 0.724. The van der Waals surface area contributed by atoms with Crippen LogP contribution >= 0.6 is 0 Å². The van der Waals surface area contributed by atoms with E-state index in [0.29, 0.717) is 0 Å². The molecule has 0 spiro atoms. The summed E-state index contributed by atoms with van der Waals surface area (Å²) in [5, 5.41) is 7.32. The van der Waals surface area contributed by atoms with Crippen LogP contribution in [-0.4, -0.2) is 8.41 Å². The van der Waals surface area contributed by atoms with Gasteiger partial charge in [0.25, 0.3) is 0 Å². The van der Waals surface area contributed by atoms with E-state index >= 15 is 0 Å². The van der Waals surface area contributed by atoms with Crippen molar-refractivity contribution in [3.05, 3.63) is 0 Å². The average molecular weight is 78.9 g/mol. The van der Waals surface area contributed by atoms with Crippen LogP contribution in [0.15, 0.2) is 0 Å². The zero-order valence-corrected chi connectivity index (χ0v) is 4.95. The Labute approximate surface area is 56.2 Å². The van der Waals surface area contributed by atoms with Gasteiger partial charge in [-0.25, -0.2) is 0 Å². The van der Waals surface area contributed by atoms with Crippen molar-refractivity contribution in [2.24, 2.45) is 0 Å². The molecule has 0 fully saturated rings. The smallest absolute Gasteiger partial charge is 0.199 e. The molecule has 0 atom stereocenters. The minimum atomic E-state index is 0. The molecular weight excluding hydrogens is 71.8 g/mol. The molecule has 0 aromatic heterocycles. The summed E-state index contributed by atoms with van der Waals surface area (Å²) >= 11 is 0. The van der Waals surface area contributed by atoms with E-state index in [9.17, 15) is 0 Å². The molecular formula is C2H7BNNa. The van der Waals surface area contributed by atoms with Crippen LogP contribution in [0.3, 0.4) is 0 Å².